The van der Waals surface area contributed by atoms with Gasteiger partial charge in [-0.25, -0.2) is 0 Å². The van der Waals surface area contributed by atoms with Crippen LogP contribution in [0.25, 0.3) is 0 Å². The van der Waals surface area contributed by atoms with E-state index in [0.717, 1.165) is 12.5 Å². The predicted molar refractivity (Wildman–Crippen MR) is 64.5 cm³/mol. The Hall–Kier alpha value is -0.0800. The van der Waals surface area contributed by atoms with Crippen LogP contribution in [0.1, 0.15) is 46.0 Å². The summed E-state index contributed by atoms with van der Waals surface area (Å²) in [6, 6.07) is 0. The molecule has 2 nitrogen and oxygen atoms in total. The normalized spacial score (nSPS) is 11.6. The number of nitrogens with zero attached hydrogens (tertiary/aromatic N) is 1. The van der Waals surface area contributed by atoms with Gasteiger partial charge < -0.3 is 10.6 Å². The summed E-state index contributed by atoms with van der Waals surface area (Å²) in [4.78, 5) is 2.47. The highest BCUT2D eigenvalue weighted by atomic mass is 15.1. The summed E-state index contributed by atoms with van der Waals surface area (Å²) in [7, 11) is 2.24. The largest absolute Gasteiger partial charge is 0.330 e. The van der Waals surface area contributed by atoms with Crippen LogP contribution in [0, 0.1) is 5.92 Å². The van der Waals surface area contributed by atoms with Gasteiger partial charge in [0.2, 0.25) is 0 Å². The van der Waals surface area contributed by atoms with Crippen molar-refractivity contribution in [1.29, 1.82) is 0 Å². The van der Waals surface area contributed by atoms with Crippen LogP contribution in [0.5, 0.6) is 0 Å². The van der Waals surface area contributed by atoms with Gasteiger partial charge in [0, 0.05) is 6.54 Å². The number of hydrogen-bond acceptors (Lipinski definition) is 2. The number of hydrogen-bond donors (Lipinski definition) is 1. The van der Waals surface area contributed by atoms with Gasteiger partial charge in [-0.2, -0.15) is 0 Å². The SMILES string of the molecule is CCC(CC)CN(C)CCCCCN. The molecule has 86 valence electrons. The summed E-state index contributed by atoms with van der Waals surface area (Å²) in [5.74, 6) is 0.884. The Balaban J connectivity index is 3.38. The van der Waals surface area contributed by atoms with Gasteiger partial charge in [-0.05, 0) is 38.9 Å². The lowest BCUT2D eigenvalue weighted by molar-refractivity contribution is 0.262. The molecule has 0 spiro atoms. The van der Waals surface area contributed by atoms with Gasteiger partial charge >= 0.3 is 0 Å². The fraction of sp³-hybridized carbons (Fsp3) is 1.00. The molecular weight excluding hydrogens is 172 g/mol. The zero-order chi connectivity index (χ0) is 10.8. The topological polar surface area (TPSA) is 29.3 Å². The average Bonchev–Trinajstić information content (AvgIpc) is 2.21. The van der Waals surface area contributed by atoms with Gasteiger partial charge in [0.15, 0.2) is 0 Å². The molecule has 0 amide bonds. The summed E-state index contributed by atoms with van der Waals surface area (Å²) in [6.07, 6.45) is 6.38. The molecule has 2 heteroatoms. The molecule has 0 fully saturated rings. The Labute approximate surface area is 89.9 Å². The Morgan fingerprint density at radius 3 is 2.21 bits per heavy atom. The van der Waals surface area contributed by atoms with E-state index in [1.54, 1.807) is 0 Å². The third-order valence-corrected chi connectivity index (χ3v) is 2.97. The molecule has 0 rings (SSSR count). The summed E-state index contributed by atoms with van der Waals surface area (Å²) in [5, 5.41) is 0. The molecule has 0 aliphatic heterocycles. The van der Waals surface area contributed by atoms with Crippen LogP contribution in [-0.4, -0.2) is 31.6 Å². The molecule has 0 saturated carbocycles. The second-order valence-electron chi connectivity index (χ2n) is 4.29. The van der Waals surface area contributed by atoms with Gasteiger partial charge in [0.25, 0.3) is 0 Å². The minimum absolute atomic E-state index is 0.844. The second-order valence-corrected chi connectivity index (χ2v) is 4.29. The molecule has 0 aliphatic rings. The van der Waals surface area contributed by atoms with Crippen molar-refractivity contribution >= 4 is 0 Å². The van der Waals surface area contributed by atoms with E-state index in [4.69, 9.17) is 5.73 Å². The highest BCUT2D eigenvalue weighted by molar-refractivity contribution is 4.60. The minimum Gasteiger partial charge on any atom is -0.330 e. The van der Waals surface area contributed by atoms with E-state index in [-0.39, 0.29) is 0 Å². The van der Waals surface area contributed by atoms with E-state index in [1.165, 1.54) is 45.2 Å². The van der Waals surface area contributed by atoms with Crippen molar-refractivity contribution in [1.82, 2.24) is 4.90 Å². The van der Waals surface area contributed by atoms with E-state index in [0.29, 0.717) is 0 Å². The van der Waals surface area contributed by atoms with E-state index in [2.05, 4.69) is 25.8 Å². The van der Waals surface area contributed by atoms with Crippen molar-refractivity contribution in [2.75, 3.05) is 26.7 Å². The molecule has 14 heavy (non-hydrogen) atoms. The van der Waals surface area contributed by atoms with Gasteiger partial charge in [-0.1, -0.05) is 33.1 Å². The van der Waals surface area contributed by atoms with E-state index in [1.807, 2.05) is 0 Å². The van der Waals surface area contributed by atoms with E-state index in [9.17, 15) is 0 Å². The second kappa shape index (κ2) is 9.47. The quantitative estimate of drug-likeness (QED) is 0.579. The van der Waals surface area contributed by atoms with Gasteiger partial charge in [-0.15, -0.1) is 0 Å². The van der Waals surface area contributed by atoms with Crippen molar-refractivity contribution in [3.63, 3.8) is 0 Å². The van der Waals surface area contributed by atoms with Crippen LogP contribution in [0.15, 0.2) is 0 Å². The lowest BCUT2D eigenvalue weighted by Crippen LogP contribution is -2.26. The Morgan fingerprint density at radius 2 is 1.71 bits per heavy atom. The molecule has 0 aromatic rings. The van der Waals surface area contributed by atoms with Crippen LogP contribution < -0.4 is 5.73 Å². The van der Waals surface area contributed by atoms with Crippen LogP contribution in [0.4, 0.5) is 0 Å². The van der Waals surface area contributed by atoms with Crippen molar-refractivity contribution in [2.45, 2.75) is 46.0 Å². The zero-order valence-corrected chi connectivity index (χ0v) is 10.3. The predicted octanol–water partition coefficient (Wildman–Crippen LogP) is 2.48. The first-order valence-corrected chi connectivity index (χ1v) is 6.13. The monoisotopic (exact) mass is 200 g/mol. The van der Waals surface area contributed by atoms with Crippen molar-refractivity contribution < 1.29 is 0 Å². The van der Waals surface area contributed by atoms with Crippen molar-refractivity contribution in [3.05, 3.63) is 0 Å². The minimum atomic E-state index is 0.844. The Kier molecular flexibility index (Phi) is 9.42. The lowest BCUT2D eigenvalue weighted by Gasteiger charge is -2.22. The average molecular weight is 200 g/mol. The molecule has 0 atom stereocenters. The smallest absolute Gasteiger partial charge is 0.000640 e. The Bertz CT molecular complexity index is 111. The number of unbranched alkanes of at least 4 members (excludes halogenated alkanes) is 2. The maximum atomic E-state index is 5.46. The van der Waals surface area contributed by atoms with Crippen molar-refractivity contribution in [2.24, 2.45) is 11.7 Å². The third-order valence-electron chi connectivity index (χ3n) is 2.97. The zero-order valence-electron chi connectivity index (χ0n) is 10.3. The van der Waals surface area contributed by atoms with Crippen LogP contribution in [-0.2, 0) is 0 Å². The Morgan fingerprint density at radius 1 is 1.07 bits per heavy atom. The molecule has 0 aromatic heterocycles. The number of rotatable bonds is 9. The molecule has 0 saturated heterocycles. The molecular formula is C12H28N2. The standard InChI is InChI=1S/C12H28N2/c1-4-12(5-2)11-14(3)10-8-6-7-9-13/h12H,4-11,13H2,1-3H3. The maximum absolute atomic E-state index is 5.46. The van der Waals surface area contributed by atoms with Crippen molar-refractivity contribution in [3.8, 4) is 0 Å². The first-order valence-electron chi connectivity index (χ1n) is 6.13. The molecule has 0 unspecified atom stereocenters. The molecule has 2 N–H and O–H groups in total. The fourth-order valence-electron chi connectivity index (χ4n) is 1.78. The highest BCUT2D eigenvalue weighted by Crippen LogP contribution is 2.09. The van der Waals surface area contributed by atoms with Gasteiger partial charge in [0.05, 0.1) is 0 Å². The molecule has 0 heterocycles. The molecule has 0 bridgehead atoms. The molecule has 0 aliphatic carbocycles. The maximum Gasteiger partial charge on any atom is 0.000640 e. The summed E-state index contributed by atoms with van der Waals surface area (Å²) in [5.41, 5.74) is 5.46. The summed E-state index contributed by atoms with van der Waals surface area (Å²) in [6.45, 7) is 7.91. The highest BCUT2D eigenvalue weighted by Gasteiger charge is 2.06. The number of nitrogens with two attached hydrogens (primary N) is 1. The fourth-order valence-corrected chi connectivity index (χ4v) is 1.78. The first kappa shape index (κ1) is 13.9. The summed E-state index contributed by atoms with van der Waals surface area (Å²) >= 11 is 0. The first-order chi connectivity index (χ1) is 6.74. The third kappa shape index (κ3) is 7.34. The molecule has 0 radical (unpaired) electrons. The van der Waals surface area contributed by atoms with E-state index >= 15 is 0 Å². The summed E-state index contributed by atoms with van der Waals surface area (Å²) < 4.78 is 0. The van der Waals surface area contributed by atoms with Gasteiger partial charge in [-0.3, -0.25) is 0 Å². The molecule has 0 aromatic carbocycles. The van der Waals surface area contributed by atoms with Crippen LogP contribution >= 0.6 is 0 Å². The van der Waals surface area contributed by atoms with Gasteiger partial charge in [0.1, 0.15) is 0 Å². The van der Waals surface area contributed by atoms with Crippen LogP contribution in [0.3, 0.4) is 0 Å². The lowest BCUT2D eigenvalue weighted by atomic mass is 10.0. The van der Waals surface area contributed by atoms with Crippen LogP contribution in [0.2, 0.25) is 0 Å². The van der Waals surface area contributed by atoms with E-state index < -0.39 is 0 Å².